The molecule has 4 rings (SSSR count). The second-order valence-corrected chi connectivity index (χ2v) is 9.46. The van der Waals surface area contributed by atoms with Crippen molar-refractivity contribution in [3.05, 3.63) is 122 Å². The third-order valence-corrected chi connectivity index (χ3v) is 6.33. The van der Waals surface area contributed by atoms with Gasteiger partial charge in [-0.05, 0) is 45.3 Å². The molecule has 0 bridgehead atoms. The van der Waals surface area contributed by atoms with Crippen molar-refractivity contribution < 1.29 is 9.72 Å². The lowest BCUT2D eigenvalue weighted by Crippen LogP contribution is -2.22. The molecular weight excluding hydrogens is 560 g/mol. The monoisotopic (exact) mass is 582 g/mol. The van der Waals surface area contributed by atoms with Crippen molar-refractivity contribution in [3.8, 4) is 6.07 Å². The summed E-state index contributed by atoms with van der Waals surface area (Å²) < 4.78 is 0.256. The maximum absolute atomic E-state index is 12.0. The average Bonchev–Trinajstić information content (AvgIpc) is 2.93. The first-order valence-electron chi connectivity index (χ1n) is 11.9. The van der Waals surface area contributed by atoms with E-state index in [1.165, 1.54) is 13.0 Å². The average molecular weight is 583 g/mol. The Morgan fingerprint density at radius 2 is 1.59 bits per heavy atom. The van der Waals surface area contributed by atoms with Crippen LogP contribution in [0, 0.1) is 21.4 Å². The Bertz CT molecular complexity index is 1530. The number of nitro benzene ring substituents is 1. The predicted molar refractivity (Wildman–Crippen MR) is 153 cm³/mol. The van der Waals surface area contributed by atoms with Crippen LogP contribution in [0.2, 0.25) is 0 Å². The van der Waals surface area contributed by atoms with Gasteiger partial charge in [0.25, 0.3) is 5.69 Å². The summed E-state index contributed by atoms with van der Waals surface area (Å²) >= 11 is 3.25. The van der Waals surface area contributed by atoms with E-state index < -0.39 is 4.92 Å². The Labute approximate surface area is 233 Å². The fraction of sp³-hybridized carbons (Fsp3) is 0.103. The Morgan fingerprint density at radius 3 is 2.13 bits per heavy atom. The van der Waals surface area contributed by atoms with Crippen LogP contribution in [0.3, 0.4) is 0 Å². The molecule has 194 valence electrons. The molecule has 4 aromatic carbocycles. The van der Waals surface area contributed by atoms with E-state index in [9.17, 15) is 20.2 Å². The molecule has 10 heteroatoms. The van der Waals surface area contributed by atoms with Crippen LogP contribution in [-0.4, -0.2) is 10.8 Å². The van der Waals surface area contributed by atoms with Crippen molar-refractivity contribution >= 4 is 50.3 Å². The highest BCUT2D eigenvalue weighted by atomic mass is 79.9. The fourth-order valence-corrected chi connectivity index (χ4v) is 4.45. The molecule has 0 aliphatic carbocycles. The van der Waals surface area contributed by atoms with E-state index >= 15 is 0 Å². The molecule has 0 unspecified atom stereocenters. The number of azo groups is 1. The Balaban J connectivity index is 1.72. The summed E-state index contributed by atoms with van der Waals surface area (Å²) in [6.07, 6.45) is 0. The smallest absolute Gasteiger partial charge is 0.272 e. The van der Waals surface area contributed by atoms with Gasteiger partial charge in [-0.2, -0.15) is 5.26 Å². The summed E-state index contributed by atoms with van der Waals surface area (Å²) in [5, 5.41) is 31.9. The molecule has 0 atom stereocenters. The van der Waals surface area contributed by atoms with Gasteiger partial charge in [0.1, 0.15) is 17.4 Å². The molecule has 0 aliphatic heterocycles. The molecule has 4 aromatic rings. The summed E-state index contributed by atoms with van der Waals surface area (Å²) in [5.74, 6) is -0.282. The summed E-state index contributed by atoms with van der Waals surface area (Å²) in [4.78, 5) is 24.8. The zero-order valence-corrected chi connectivity index (χ0v) is 22.5. The number of rotatable bonds is 9. The van der Waals surface area contributed by atoms with Crippen molar-refractivity contribution in [1.29, 1.82) is 5.26 Å². The SMILES string of the molecule is CC(=O)Nc1cc(N(Cc2ccccc2)Cc2ccccc2)ccc1N=Nc1c(Br)cc([N+](=O)[O-])cc1C#N. The number of nitrogens with zero attached hydrogens (tertiary/aromatic N) is 5. The zero-order valence-electron chi connectivity index (χ0n) is 20.9. The maximum atomic E-state index is 12.0. The van der Waals surface area contributed by atoms with E-state index in [-0.39, 0.29) is 27.3 Å². The molecule has 0 aliphatic rings. The number of hydrogen-bond donors (Lipinski definition) is 1. The van der Waals surface area contributed by atoms with Gasteiger partial charge in [0.05, 0.1) is 20.6 Å². The Hall–Kier alpha value is -4.88. The van der Waals surface area contributed by atoms with Gasteiger partial charge >= 0.3 is 0 Å². The number of benzene rings is 4. The van der Waals surface area contributed by atoms with Gasteiger partial charge in [-0.25, -0.2) is 0 Å². The molecule has 0 saturated carbocycles. The van der Waals surface area contributed by atoms with Gasteiger partial charge < -0.3 is 10.2 Å². The molecule has 0 saturated heterocycles. The summed E-state index contributed by atoms with van der Waals surface area (Å²) in [5.41, 5.74) is 3.83. The molecule has 1 N–H and O–H groups in total. The number of amides is 1. The first-order chi connectivity index (χ1) is 18.8. The fourth-order valence-electron chi connectivity index (χ4n) is 3.92. The normalized spacial score (nSPS) is 10.7. The van der Waals surface area contributed by atoms with Crippen LogP contribution < -0.4 is 10.2 Å². The number of carbonyl (C=O) groups is 1. The number of nitro groups is 1. The third kappa shape index (κ3) is 7.12. The van der Waals surface area contributed by atoms with E-state index in [1.54, 1.807) is 6.07 Å². The molecule has 0 aromatic heterocycles. The zero-order chi connectivity index (χ0) is 27.8. The molecule has 39 heavy (non-hydrogen) atoms. The highest BCUT2D eigenvalue weighted by Gasteiger charge is 2.16. The summed E-state index contributed by atoms with van der Waals surface area (Å²) in [6, 6.07) is 29.9. The van der Waals surface area contributed by atoms with Crippen molar-refractivity contribution in [2.45, 2.75) is 20.0 Å². The van der Waals surface area contributed by atoms with Crippen LogP contribution >= 0.6 is 15.9 Å². The second-order valence-electron chi connectivity index (χ2n) is 8.60. The lowest BCUT2D eigenvalue weighted by molar-refractivity contribution is -0.384. The van der Waals surface area contributed by atoms with Crippen LogP contribution in [0.1, 0.15) is 23.6 Å². The molecule has 1 amide bonds. The number of non-ortho nitro benzene ring substituents is 1. The van der Waals surface area contributed by atoms with Gasteiger partial charge in [-0.3, -0.25) is 14.9 Å². The minimum Gasteiger partial charge on any atom is -0.363 e. The first kappa shape index (κ1) is 27.2. The lowest BCUT2D eigenvalue weighted by Gasteiger charge is -2.26. The number of carbonyl (C=O) groups excluding carboxylic acids is 1. The number of anilines is 2. The molecule has 0 fully saturated rings. The van der Waals surface area contributed by atoms with Crippen LogP contribution in [-0.2, 0) is 17.9 Å². The quantitative estimate of drug-likeness (QED) is 0.122. The summed E-state index contributed by atoms with van der Waals surface area (Å²) in [6.45, 7) is 2.68. The number of nitrogens with one attached hydrogen (secondary N) is 1. The van der Waals surface area contributed by atoms with Gasteiger partial charge in [0.15, 0.2) is 0 Å². The Morgan fingerprint density at radius 1 is 0.974 bits per heavy atom. The third-order valence-electron chi connectivity index (χ3n) is 5.73. The molecule has 0 spiro atoms. The Kier molecular flexibility index (Phi) is 8.76. The van der Waals surface area contributed by atoms with E-state index in [4.69, 9.17) is 0 Å². The van der Waals surface area contributed by atoms with E-state index in [0.29, 0.717) is 24.5 Å². The highest BCUT2D eigenvalue weighted by Crippen LogP contribution is 2.37. The second kappa shape index (κ2) is 12.6. The van der Waals surface area contributed by atoms with Crippen molar-refractivity contribution in [2.75, 3.05) is 10.2 Å². The van der Waals surface area contributed by atoms with Crippen LogP contribution in [0.15, 0.2) is 106 Å². The van der Waals surface area contributed by atoms with Crippen molar-refractivity contribution in [1.82, 2.24) is 0 Å². The molecular formula is C29H23BrN6O3. The van der Waals surface area contributed by atoms with Crippen molar-refractivity contribution in [3.63, 3.8) is 0 Å². The van der Waals surface area contributed by atoms with Gasteiger partial charge in [-0.15, -0.1) is 10.2 Å². The standard InChI is InChI=1S/C29H23BrN6O3/c1-20(37)32-28-16-24(35(18-21-8-4-2-5-9-21)19-22-10-6-3-7-11-22)12-13-27(28)33-34-29-23(17-31)14-25(36(38)39)15-26(29)30/h2-16H,18-19H2,1H3,(H,32,37). The molecule has 9 nitrogen and oxygen atoms in total. The predicted octanol–water partition coefficient (Wildman–Crippen LogP) is 7.81. The van der Waals surface area contributed by atoms with E-state index in [1.807, 2.05) is 54.6 Å². The lowest BCUT2D eigenvalue weighted by atomic mass is 10.1. The highest BCUT2D eigenvalue weighted by molar-refractivity contribution is 9.10. The van der Waals surface area contributed by atoms with Crippen LogP contribution in [0.25, 0.3) is 0 Å². The molecule has 0 radical (unpaired) electrons. The van der Waals surface area contributed by atoms with E-state index in [2.05, 4.69) is 60.6 Å². The number of hydrogen-bond acceptors (Lipinski definition) is 7. The maximum Gasteiger partial charge on any atom is 0.272 e. The largest absolute Gasteiger partial charge is 0.363 e. The minimum absolute atomic E-state index is 0.00517. The van der Waals surface area contributed by atoms with Crippen LogP contribution in [0.4, 0.5) is 28.4 Å². The summed E-state index contributed by atoms with van der Waals surface area (Å²) in [7, 11) is 0. The number of nitriles is 1. The minimum atomic E-state index is -0.587. The van der Waals surface area contributed by atoms with Crippen molar-refractivity contribution in [2.24, 2.45) is 10.2 Å². The van der Waals surface area contributed by atoms with E-state index in [0.717, 1.165) is 22.9 Å². The van der Waals surface area contributed by atoms with Gasteiger partial charge in [-0.1, -0.05) is 60.7 Å². The van der Waals surface area contributed by atoms with Crippen LogP contribution in [0.5, 0.6) is 0 Å². The molecule has 0 heterocycles. The number of halogens is 1. The van der Waals surface area contributed by atoms with Gasteiger partial charge in [0, 0.05) is 37.8 Å². The van der Waals surface area contributed by atoms with Gasteiger partial charge in [0.2, 0.25) is 5.91 Å². The first-order valence-corrected chi connectivity index (χ1v) is 12.7. The topological polar surface area (TPSA) is 124 Å².